The van der Waals surface area contributed by atoms with Crippen LogP contribution in [0, 0.1) is 13.8 Å². The summed E-state index contributed by atoms with van der Waals surface area (Å²) in [4.78, 5) is 18.7. The highest BCUT2D eigenvalue weighted by molar-refractivity contribution is 6.13. The van der Waals surface area contributed by atoms with E-state index in [1.54, 1.807) is 30.7 Å². The molecule has 9 heteroatoms. The summed E-state index contributed by atoms with van der Waals surface area (Å²) in [6.07, 6.45) is 6.96. The smallest absolute Gasteiger partial charge is 0.234 e. The van der Waals surface area contributed by atoms with Crippen molar-refractivity contribution in [2.75, 3.05) is 0 Å². The molecular formula is C52H35N7O2. The molecule has 61 heavy (non-hydrogen) atoms. The Morgan fingerprint density at radius 1 is 0.393 bits per heavy atom. The number of ether oxygens (including phenoxy) is 2. The van der Waals surface area contributed by atoms with Gasteiger partial charge in [0.25, 0.3) is 0 Å². The molecule has 12 aromatic rings. The molecule has 12 rings (SSSR count). The van der Waals surface area contributed by atoms with Crippen LogP contribution in [-0.4, -0.2) is 33.6 Å². The zero-order chi connectivity index (χ0) is 43.1. The molecule has 0 fully saturated rings. The number of para-hydroxylation sites is 2. The summed E-state index contributed by atoms with van der Waals surface area (Å²) in [6.45, 7) is -0.320. The Morgan fingerprint density at radius 3 is 1.39 bits per heavy atom. The minimum atomic E-state index is -2.43. The monoisotopic (exact) mass is 792 g/mol. The molecule has 0 N–H and O–H groups in total. The van der Waals surface area contributed by atoms with Crippen molar-refractivity contribution in [1.29, 1.82) is 0 Å². The average molecular weight is 793 g/mol. The fourth-order valence-corrected chi connectivity index (χ4v) is 8.93. The largest absolute Gasteiger partial charge is 0.457 e. The van der Waals surface area contributed by atoms with Crippen LogP contribution in [0.3, 0.4) is 0 Å². The molecule has 0 aliphatic rings. The van der Waals surface area contributed by atoms with Crippen molar-refractivity contribution in [3.8, 4) is 40.6 Å². The van der Waals surface area contributed by atoms with Crippen LogP contribution in [0.5, 0.6) is 23.0 Å². The quantitative estimate of drug-likeness (QED) is 0.160. The van der Waals surface area contributed by atoms with Crippen LogP contribution in [0.15, 0.2) is 176 Å². The summed E-state index contributed by atoms with van der Waals surface area (Å²) in [5.41, 5.74) is 6.50. The van der Waals surface area contributed by atoms with E-state index in [1.165, 1.54) is 0 Å². The molecule has 6 aromatic carbocycles. The van der Waals surface area contributed by atoms with Crippen LogP contribution in [0.25, 0.3) is 83.0 Å². The molecule has 0 spiro atoms. The predicted octanol–water partition coefficient (Wildman–Crippen LogP) is 12.8. The standard InChI is InChI=1S/C52H35N7O2/c1-32-26-36(30-46-50(32)40-12-3-5-14-42(40)57(46)48-16-7-9-22-53-48)60-34-18-20-38-39-21-19-35(29-45(39)59(44(38)28-34)52-55-24-11-25-56-52)61-37-27-33(2)51-41-13-4-6-15-43(41)58(47(51)31-37)49-17-8-10-23-54-49/h3-31H,1-2H3/i1D3. The van der Waals surface area contributed by atoms with Gasteiger partial charge < -0.3 is 9.47 Å². The maximum atomic E-state index is 8.64. The fourth-order valence-electron chi connectivity index (χ4n) is 8.93. The van der Waals surface area contributed by atoms with Gasteiger partial charge >= 0.3 is 0 Å². The molecule has 0 aliphatic carbocycles. The number of hydrogen-bond acceptors (Lipinski definition) is 6. The number of fused-ring (bicyclic) bond motifs is 9. The highest BCUT2D eigenvalue weighted by Gasteiger charge is 2.20. The maximum Gasteiger partial charge on any atom is 0.234 e. The molecule has 0 atom stereocenters. The van der Waals surface area contributed by atoms with Crippen LogP contribution in [0.1, 0.15) is 15.2 Å². The molecule has 290 valence electrons. The SMILES string of the molecule is [2H]C([2H])([2H])c1cc(Oc2ccc3c4ccc(Oc5cc(C)c6c7ccccc7n(-c7ccccn7)c6c5)cc4n(-c4ncccn4)c3c2)cc2c1c1ccccc1n2-c1ccccn1. The van der Waals surface area contributed by atoms with Gasteiger partial charge in [-0.25, -0.2) is 19.9 Å². The van der Waals surface area contributed by atoms with Crippen molar-refractivity contribution < 1.29 is 13.6 Å². The lowest BCUT2D eigenvalue weighted by Gasteiger charge is -2.11. The van der Waals surface area contributed by atoms with Crippen molar-refractivity contribution >= 4 is 65.4 Å². The van der Waals surface area contributed by atoms with Gasteiger partial charge in [-0.2, -0.15) is 0 Å². The maximum absolute atomic E-state index is 8.64. The molecule has 0 unspecified atom stereocenters. The number of benzene rings is 6. The molecule has 0 radical (unpaired) electrons. The third kappa shape index (κ3) is 5.55. The summed E-state index contributed by atoms with van der Waals surface area (Å²) < 4.78 is 45.4. The normalized spacial score (nSPS) is 12.7. The first-order valence-corrected chi connectivity index (χ1v) is 19.9. The number of rotatable bonds is 7. The Morgan fingerprint density at radius 2 is 0.869 bits per heavy atom. The Hall–Kier alpha value is -8.30. The molecule has 0 bridgehead atoms. The number of aromatic nitrogens is 7. The van der Waals surface area contributed by atoms with Gasteiger partial charge in [0, 0.05) is 85.5 Å². The zero-order valence-electron chi connectivity index (χ0n) is 35.7. The number of aryl methyl sites for hydroxylation is 2. The highest BCUT2D eigenvalue weighted by atomic mass is 16.5. The molecule has 0 amide bonds. The molecule has 9 nitrogen and oxygen atoms in total. The van der Waals surface area contributed by atoms with E-state index in [9.17, 15) is 0 Å². The summed E-state index contributed by atoms with van der Waals surface area (Å²) in [6, 6.07) is 49.1. The van der Waals surface area contributed by atoms with Crippen LogP contribution in [-0.2, 0) is 0 Å². The second-order valence-electron chi connectivity index (χ2n) is 15.0. The third-order valence-electron chi connectivity index (χ3n) is 11.4. The average Bonchev–Trinajstić information content (AvgIpc) is 3.94. The molecule has 0 saturated heterocycles. The second-order valence-corrected chi connectivity index (χ2v) is 15.0. The minimum Gasteiger partial charge on any atom is -0.457 e. The van der Waals surface area contributed by atoms with Gasteiger partial charge in [0.2, 0.25) is 5.95 Å². The van der Waals surface area contributed by atoms with Gasteiger partial charge in [-0.1, -0.05) is 48.5 Å². The molecule has 0 saturated carbocycles. The van der Waals surface area contributed by atoms with Crippen LogP contribution >= 0.6 is 0 Å². The first-order chi connectivity index (χ1) is 31.3. The molecule has 0 aliphatic heterocycles. The first-order valence-electron chi connectivity index (χ1n) is 21.4. The van der Waals surface area contributed by atoms with E-state index < -0.39 is 6.85 Å². The minimum absolute atomic E-state index is 0.193. The topological polar surface area (TPSA) is 84.8 Å². The predicted molar refractivity (Wildman–Crippen MR) is 243 cm³/mol. The van der Waals surface area contributed by atoms with Crippen molar-refractivity contribution in [2.24, 2.45) is 0 Å². The summed E-state index contributed by atoms with van der Waals surface area (Å²) in [5.74, 6) is 4.18. The van der Waals surface area contributed by atoms with Gasteiger partial charge in [-0.3, -0.25) is 13.7 Å². The summed E-state index contributed by atoms with van der Waals surface area (Å²) >= 11 is 0. The van der Waals surface area contributed by atoms with Crippen molar-refractivity contribution in [3.05, 3.63) is 188 Å². The van der Waals surface area contributed by atoms with E-state index in [-0.39, 0.29) is 5.56 Å². The third-order valence-corrected chi connectivity index (χ3v) is 11.4. The van der Waals surface area contributed by atoms with Gasteiger partial charge in [-0.15, -0.1) is 0 Å². The summed E-state index contributed by atoms with van der Waals surface area (Å²) in [7, 11) is 0. The Kier molecular flexibility index (Phi) is 7.08. The van der Waals surface area contributed by atoms with Crippen molar-refractivity contribution in [2.45, 2.75) is 13.8 Å². The van der Waals surface area contributed by atoms with E-state index in [1.807, 2.05) is 118 Å². The Balaban J connectivity index is 0.986. The van der Waals surface area contributed by atoms with E-state index in [0.29, 0.717) is 45.7 Å². The lowest BCUT2D eigenvalue weighted by Crippen LogP contribution is -2.00. The summed E-state index contributed by atoms with van der Waals surface area (Å²) in [5, 5.41) is 5.67. The first kappa shape index (κ1) is 31.7. The Labute approximate surface area is 353 Å². The van der Waals surface area contributed by atoms with E-state index in [2.05, 4.69) is 62.8 Å². The number of hydrogen-bond donors (Lipinski definition) is 0. The Bertz CT molecular complexity index is 3790. The fraction of sp³-hybridized carbons (Fsp3) is 0.0385. The zero-order valence-corrected chi connectivity index (χ0v) is 32.7. The second kappa shape index (κ2) is 13.6. The van der Waals surface area contributed by atoms with Gasteiger partial charge in [0.15, 0.2) is 0 Å². The van der Waals surface area contributed by atoms with Crippen molar-refractivity contribution in [3.63, 3.8) is 0 Å². The molecular weight excluding hydrogens is 755 g/mol. The van der Waals surface area contributed by atoms with E-state index >= 15 is 0 Å². The van der Waals surface area contributed by atoms with Crippen LogP contribution < -0.4 is 9.47 Å². The van der Waals surface area contributed by atoms with Crippen LogP contribution in [0.2, 0.25) is 0 Å². The number of pyridine rings is 2. The lowest BCUT2D eigenvalue weighted by atomic mass is 10.1. The van der Waals surface area contributed by atoms with Crippen molar-refractivity contribution in [1.82, 2.24) is 33.6 Å². The van der Waals surface area contributed by atoms with E-state index in [0.717, 1.165) is 65.9 Å². The number of nitrogens with zero attached hydrogens (tertiary/aromatic N) is 7. The highest BCUT2D eigenvalue weighted by Crippen LogP contribution is 2.41. The molecule has 6 heterocycles. The van der Waals surface area contributed by atoms with Crippen LogP contribution in [0.4, 0.5) is 0 Å². The lowest BCUT2D eigenvalue weighted by molar-refractivity contribution is 0.483. The molecule has 6 aromatic heterocycles. The van der Waals surface area contributed by atoms with E-state index in [4.69, 9.17) is 18.6 Å². The van der Waals surface area contributed by atoms with Gasteiger partial charge in [-0.05, 0) is 104 Å². The van der Waals surface area contributed by atoms with Gasteiger partial charge in [0.1, 0.15) is 34.6 Å². The van der Waals surface area contributed by atoms with Gasteiger partial charge in [0.05, 0.1) is 33.1 Å².